The third-order valence-electron chi connectivity index (χ3n) is 4.64. The van der Waals surface area contributed by atoms with Gasteiger partial charge in [-0.3, -0.25) is 4.79 Å². The van der Waals surface area contributed by atoms with Crippen LogP contribution in [-0.4, -0.2) is 24.5 Å². The highest BCUT2D eigenvalue weighted by molar-refractivity contribution is 6.06. The molecule has 4 heteroatoms. The maximum absolute atomic E-state index is 12.5. The molecule has 1 aromatic heterocycles. The third-order valence-corrected chi connectivity index (χ3v) is 4.64. The van der Waals surface area contributed by atoms with E-state index in [1.54, 1.807) is 13.3 Å². The molecule has 0 aliphatic heterocycles. The quantitative estimate of drug-likeness (QED) is 0.567. The van der Waals surface area contributed by atoms with Gasteiger partial charge < -0.3 is 15.0 Å². The minimum absolute atomic E-state index is 0.0510. The number of carbonyl (C=O) groups excluding carboxylic acids is 1. The molecule has 4 nitrogen and oxygen atoms in total. The van der Waals surface area contributed by atoms with Crippen LogP contribution in [0.5, 0.6) is 5.75 Å². The zero-order valence-electron chi connectivity index (χ0n) is 14.6. The number of para-hydroxylation sites is 1. The topological polar surface area (TPSA) is 54.1 Å². The molecule has 3 aromatic carbocycles. The highest BCUT2D eigenvalue weighted by atomic mass is 16.5. The predicted octanol–water partition coefficient (Wildman–Crippen LogP) is 4.30. The Balaban J connectivity index is 1.44. The molecule has 0 atom stereocenters. The number of aromatic amines is 1. The zero-order valence-corrected chi connectivity index (χ0v) is 14.6. The molecule has 2 N–H and O–H groups in total. The van der Waals surface area contributed by atoms with Crippen LogP contribution in [0.15, 0.2) is 66.9 Å². The van der Waals surface area contributed by atoms with E-state index in [1.165, 1.54) is 10.9 Å². The molecule has 0 fully saturated rings. The summed E-state index contributed by atoms with van der Waals surface area (Å²) >= 11 is 0. The van der Waals surface area contributed by atoms with Crippen LogP contribution in [0.4, 0.5) is 0 Å². The van der Waals surface area contributed by atoms with Crippen molar-refractivity contribution in [3.05, 3.63) is 78.0 Å². The van der Waals surface area contributed by atoms with Gasteiger partial charge in [0, 0.05) is 23.6 Å². The number of nitrogens with one attached hydrogen (secondary N) is 2. The second-order valence-corrected chi connectivity index (χ2v) is 6.30. The summed E-state index contributed by atoms with van der Waals surface area (Å²) in [6, 6.07) is 20.2. The average Bonchev–Trinajstić information content (AvgIpc) is 3.11. The van der Waals surface area contributed by atoms with E-state index in [2.05, 4.69) is 34.6 Å². The third kappa shape index (κ3) is 3.14. The number of methoxy groups -OCH3 is 1. The maximum Gasteiger partial charge on any atom is 0.253 e. The highest BCUT2D eigenvalue weighted by Crippen LogP contribution is 2.22. The van der Waals surface area contributed by atoms with Gasteiger partial charge in [0.15, 0.2) is 0 Å². The van der Waals surface area contributed by atoms with E-state index in [-0.39, 0.29) is 5.91 Å². The predicted molar refractivity (Wildman–Crippen MR) is 105 cm³/mol. The van der Waals surface area contributed by atoms with E-state index < -0.39 is 0 Å². The largest absolute Gasteiger partial charge is 0.497 e. The molecule has 1 amide bonds. The first kappa shape index (κ1) is 16.2. The van der Waals surface area contributed by atoms with Crippen molar-refractivity contribution in [2.45, 2.75) is 6.42 Å². The van der Waals surface area contributed by atoms with Crippen LogP contribution in [0.3, 0.4) is 0 Å². The molecule has 4 rings (SSSR count). The van der Waals surface area contributed by atoms with Gasteiger partial charge in [0.1, 0.15) is 5.75 Å². The first-order valence-electron chi connectivity index (χ1n) is 8.65. The molecular weight excluding hydrogens is 324 g/mol. The number of H-pyrrole nitrogens is 1. The molecule has 0 radical (unpaired) electrons. The molecule has 26 heavy (non-hydrogen) atoms. The number of ether oxygens (including phenoxy) is 1. The normalized spacial score (nSPS) is 11.0. The van der Waals surface area contributed by atoms with Crippen molar-refractivity contribution >= 4 is 27.6 Å². The number of amides is 1. The Morgan fingerprint density at radius 3 is 2.77 bits per heavy atom. The number of carbonyl (C=O) groups is 1. The molecular formula is C22H20N2O2. The van der Waals surface area contributed by atoms with Crippen molar-refractivity contribution in [3.63, 3.8) is 0 Å². The van der Waals surface area contributed by atoms with Crippen molar-refractivity contribution < 1.29 is 9.53 Å². The first-order chi connectivity index (χ1) is 12.7. The second-order valence-electron chi connectivity index (χ2n) is 6.30. The number of benzene rings is 3. The number of fused-ring (bicyclic) bond motifs is 2. The van der Waals surface area contributed by atoms with Crippen LogP contribution in [0.1, 0.15) is 15.9 Å². The number of hydrogen-bond donors (Lipinski definition) is 2. The van der Waals surface area contributed by atoms with Crippen LogP contribution in [0.25, 0.3) is 21.7 Å². The monoisotopic (exact) mass is 344 g/mol. The SMILES string of the molecule is COc1ccc2ccc(CCNC(=O)c3c[nH]c4ccccc34)cc2c1. The van der Waals surface area contributed by atoms with Crippen molar-refractivity contribution in [2.75, 3.05) is 13.7 Å². The Kier molecular flexibility index (Phi) is 4.32. The highest BCUT2D eigenvalue weighted by Gasteiger charge is 2.10. The fourth-order valence-corrected chi connectivity index (χ4v) is 3.23. The lowest BCUT2D eigenvalue weighted by Gasteiger charge is -2.07. The lowest BCUT2D eigenvalue weighted by atomic mass is 10.0. The summed E-state index contributed by atoms with van der Waals surface area (Å²) in [6.45, 7) is 0.591. The lowest BCUT2D eigenvalue weighted by molar-refractivity contribution is 0.0956. The summed E-state index contributed by atoms with van der Waals surface area (Å²) in [7, 11) is 1.67. The number of rotatable bonds is 5. The van der Waals surface area contributed by atoms with E-state index in [0.717, 1.165) is 28.5 Å². The Morgan fingerprint density at radius 2 is 1.88 bits per heavy atom. The fourth-order valence-electron chi connectivity index (χ4n) is 3.23. The lowest BCUT2D eigenvalue weighted by Crippen LogP contribution is -2.25. The molecule has 4 aromatic rings. The minimum Gasteiger partial charge on any atom is -0.497 e. The summed E-state index contributed by atoms with van der Waals surface area (Å²) in [5.41, 5.74) is 2.84. The van der Waals surface area contributed by atoms with E-state index in [0.29, 0.717) is 12.1 Å². The maximum atomic E-state index is 12.5. The summed E-state index contributed by atoms with van der Waals surface area (Å²) < 4.78 is 5.29. The van der Waals surface area contributed by atoms with Gasteiger partial charge in [0.25, 0.3) is 5.91 Å². The van der Waals surface area contributed by atoms with Gasteiger partial charge >= 0.3 is 0 Å². The van der Waals surface area contributed by atoms with E-state index in [9.17, 15) is 4.79 Å². The van der Waals surface area contributed by atoms with Crippen LogP contribution < -0.4 is 10.1 Å². The molecule has 0 unspecified atom stereocenters. The number of aromatic nitrogens is 1. The van der Waals surface area contributed by atoms with Crippen LogP contribution in [0, 0.1) is 0 Å². The number of hydrogen-bond acceptors (Lipinski definition) is 2. The Hall–Kier alpha value is -3.27. The fraction of sp³-hybridized carbons (Fsp3) is 0.136. The molecule has 0 spiro atoms. The van der Waals surface area contributed by atoms with Crippen molar-refractivity contribution in [1.82, 2.24) is 10.3 Å². The average molecular weight is 344 g/mol. The summed E-state index contributed by atoms with van der Waals surface area (Å²) in [4.78, 5) is 15.6. The van der Waals surface area contributed by atoms with Gasteiger partial charge in [-0.2, -0.15) is 0 Å². The smallest absolute Gasteiger partial charge is 0.253 e. The van der Waals surface area contributed by atoms with Crippen molar-refractivity contribution in [1.29, 1.82) is 0 Å². The van der Waals surface area contributed by atoms with Crippen molar-refractivity contribution in [2.24, 2.45) is 0 Å². The molecule has 0 saturated heterocycles. The Morgan fingerprint density at radius 1 is 1.04 bits per heavy atom. The molecule has 0 saturated carbocycles. The minimum atomic E-state index is -0.0510. The summed E-state index contributed by atoms with van der Waals surface area (Å²) in [6.07, 6.45) is 2.55. The van der Waals surface area contributed by atoms with Gasteiger partial charge in [-0.25, -0.2) is 0 Å². The van der Waals surface area contributed by atoms with Gasteiger partial charge in [0.2, 0.25) is 0 Å². The van der Waals surface area contributed by atoms with E-state index in [4.69, 9.17) is 4.74 Å². The van der Waals surface area contributed by atoms with Crippen LogP contribution >= 0.6 is 0 Å². The van der Waals surface area contributed by atoms with Gasteiger partial charge in [-0.05, 0) is 41.0 Å². The van der Waals surface area contributed by atoms with Crippen molar-refractivity contribution in [3.8, 4) is 5.75 Å². The first-order valence-corrected chi connectivity index (χ1v) is 8.65. The Bertz CT molecular complexity index is 1080. The van der Waals surface area contributed by atoms with Crippen LogP contribution in [-0.2, 0) is 6.42 Å². The van der Waals surface area contributed by atoms with E-state index >= 15 is 0 Å². The molecule has 0 aliphatic carbocycles. The van der Waals surface area contributed by atoms with E-state index in [1.807, 2.05) is 36.4 Å². The molecule has 0 aliphatic rings. The molecule has 130 valence electrons. The second kappa shape index (κ2) is 6.92. The van der Waals surface area contributed by atoms with Crippen LogP contribution in [0.2, 0.25) is 0 Å². The molecule has 0 bridgehead atoms. The summed E-state index contributed by atoms with van der Waals surface area (Å²) in [5.74, 6) is 0.798. The van der Waals surface area contributed by atoms with Gasteiger partial charge in [-0.15, -0.1) is 0 Å². The standard InChI is InChI=1S/C22H20N2O2/c1-26-18-9-8-16-7-6-15(12-17(16)13-18)10-11-23-22(25)20-14-24-21-5-3-2-4-19(20)21/h2-9,12-14,24H,10-11H2,1H3,(H,23,25). The summed E-state index contributed by atoms with van der Waals surface area (Å²) in [5, 5.41) is 6.28. The Labute approximate surface area is 151 Å². The zero-order chi connectivity index (χ0) is 17.9. The molecule has 1 heterocycles. The van der Waals surface area contributed by atoms with Gasteiger partial charge in [-0.1, -0.05) is 42.5 Å². The van der Waals surface area contributed by atoms with Gasteiger partial charge in [0.05, 0.1) is 12.7 Å².